The molecular formula is C15H12N4O. The van der Waals surface area contributed by atoms with Crippen molar-refractivity contribution in [2.75, 3.05) is 5.32 Å². The third-order valence-corrected chi connectivity index (χ3v) is 2.96. The van der Waals surface area contributed by atoms with Crippen LogP contribution in [-0.2, 0) is 6.54 Å². The van der Waals surface area contributed by atoms with Gasteiger partial charge in [-0.1, -0.05) is 23.4 Å². The van der Waals surface area contributed by atoms with Gasteiger partial charge in [-0.05, 0) is 19.1 Å². The molecule has 0 atom stereocenters. The Bertz CT molecular complexity index is 801. The summed E-state index contributed by atoms with van der Waals surface area (Å²) in [6, 6.07) is 13.5. The second-order valence-corrected chi connectivity index (χ2v) is 4.47. The van der Waals surface area contributed by atoms with Crippen LogP contribution in [0, 0.1) is 18.3 Å². The van der Waals surface area contributed by atoms with Crippen LogP contribution in [0.2, 0.25) is 0 Å². The van der Waals surface area contributed by atoms with E-state index in [1.807, 2.05) is 43.3 Å². The van der Waals surface area contributed by atoms with Crippen molar-refractivity contribution in [1.82, 2.24) is 10.1 Å². The molecule has 20 heavy (non-hydrogen) atoms. The van der Waals surface area contributed by atoms with Crippen molar-refractivity contribution in [2.24, 2.45) is 0 Å². The van der Waals surface area contributed by atoms with Gasteiger partial charge < -0.3 is 9.84 Å². The van der Waals surface area contributed by atoms with Crippen molar-refractivity contribution in [1.29, 1.82) is 5.26 Å². The highest BCUT2D eigenvalue weighted by Crippen LogP contribution is 2.20. The summed E-state index contributed by atoms with van der Waals surface area (Å²) in [4.78, 5) is 4.48. The molecule has 1 aromatic carbocycles. The average Bonchev–Trinajstić information content (AvgIpc) is 2.89. The van der Waals surface area contributed by atoms with E-state index in [4.69, 9.17) is 4.52 Å². The smallest absolute Gasteiger partial charge is 0.144 e. The topological polar surface area (TPSA) is 74.7 Å². The first-order valence-electron chi connectivity index (χ1n) is 6.22. The molecule has 5 heteroatoms. The third-order valence-electron chi connectivity index (χ3n) is 2.96. The zero-order chi connectivity index (χ0) is 13.9. The Morgan fingerprint density at radius 1 is 1.30 bits per heavy atom. The van der Waals surface area contributed by atoms with E-state index in [1.54, 1.807) is 0 Å². The van der Waals surface area contributed by atoms with Crippen LogP contribution in [-0.4, -0.2) is 10.1 Å². The number of fused-ring (bicyclic) bond motifs is 1. The van der Waals surface area contributed by atoms with Crippen molar-refractivity contribution in [3.63, 3.8) is 0 Å². The van der Waals surface area contributed by atoms with Crippen LogP contribution in [0.15, 0.2) is 40.9 Å². The SMILES string of the molecule is Cc1cc(CNc2nc3ccccc3cc2C#N)no1. The number of hydrogen-bond acceptors (Lipinski definition) is 5. The van der Waals surface area contributed by atoms with E-state index in [9.17, 15) is 5.26 Å². The van der Waals surface area contributed by atoms with Crippen molar-refractivity contribution in [3.05, 3.63) is 53.4 Å². The highest BCUT2D eigenvalue weighted by atomic mass is 16.5. The molecule has 0 saturated carbocycles. The minimum atomic E-state index is 0.470. The first kappa shape index (κ1) is 12.2. The predicted octanol–water partition coefficient (Wildman–Crippen LogP) is 3.02. The molecule has 3 rings (SSSR count). The summed E-state index contributed by atoms with van der Waals surface area (Å²) in [7, 11) is 0. The predicted molar refractivity (Wildman–Crippen MR) is 75.0 cm³/mol. The van der Waals surface area contributed by atoms with Crippen molar-refractivity contribution in [2.45, 2.75) is 13.5 Å². The van der Waals surface area contributed by atoms with E-state index in [1.165, 1.54) is 0 Å². The van der Waals surface area contributed by atoms with E-state index in [0.717, 1.165) is 22.4 Å². The summed E-state index contributed by atoms with van der Waals surface area (Å²) in [5.74, 6) is 1.32. The summed E-state index contributed by atoms with van der Waals surface area (Å²) in [5.41, 5.74) is 2.15. The zero-order valence-corrected chi connectivity index (χ0v) is 10.9. The van der Waals surface area contributed by atoms with Crippen molar-refractivity contribution < 1.29 is 4.52 Å². The van der Waals surface area contributed by atoms with Gasteiger partial charge in [0.1, 0.15) is 23.3 Å². The first-order chi connectivity index (χ1) is 9.76. The summed E-state index contributed by atoms with van der Waals surface area (Å²) < 4.78 is 5.00. The highest BCUT2D eigenvalue weighted by molar-refractivity contribution is 5.82. The molecule has 0 aliphatic rings. The fourth-order valence-electron chi connectivity index (χ4n) is 2.01. The quantitative estimate of drug-likeness (QED) is 0.787. The largest absolute Gasteiger partial charge is 0.363 e. The number of rotatable bonds is 3. The Kier molecular flexibility index (Phi) is 3.05. The maximum Gasteiger partial charge on any atom is 0.144 e. The number of para-hydroxylation sites is 1. The summed E-state index contributed by atoms with van der Waals surface area (Å²) in [6.07, 6.45) is 0. The standard InChI is InChI=1S/C15H12N4O/c1-10-6-13(19-20-10)9-17-15-12(8-16)7-11-4-2-3-5-14(11)18-15/h2-7H,9H2,1H3,(H,17,18). The molecule has 0 aliphatic carbocycles. The molecule has 5 nitrogen and oxygen atoms in total. The lowest BCUT2D eigenvalue weighted by Gasteiger charge is -2.07. The van der Waals surface area contributed by atoms with Crippen LogP contribution in [0.5, 0.6) is 0 Å². The number of anilines is 1. The van der Waals surface area contributed by atoms with Gasteiger partial charge in [0, 0.05) is 11.5 Å². The Morgan fingerprint density at radius 3 is 2.90 bits per heavy atom. The van der Waals surface area contributed by atoms with E-state index in [2.05, 4.69) is 21.5 Å². The molecule has 3 aromatic rings. The lowest BCUT2D eigenvalue weighted by molar-refractivity contribution is 0.391. The van der Waals surface area contributed by atoms with Gasteiger partial charge in [-0.15, -0.1) is 0 Å². The van der Waals surface area contributed by atoms with Gasteiger partial charge in [-0.3, -0.25) is 0 Å². The Morgan fingerprint density at radius 2 is 2.15 bits per heavy atom. The second kappa shape index (κ2) is 5.02. The zero-order valence-electron chi connectivity index (χ0n) is 10.9. The normalized spacial score (nSPS) is 10.4. The number of nitriles is 1. The van der Waals surface area contributed by atoms with Crippen LogP contribution in [0.25, 0.3) is 10.9 Å². The Balaban J connectivity index is 1.92. The monoisotopic (exact) mass is 264 g/mol. The summed E-state index contributed by atoms with van der Waals surface area (Å²) >= 11 is 0. The Labute approximate surface area is 115 Å². The third kappa shape index (κ3) is 2.31. The van der Waals surface area contributed by atoms with Gasteiger partial charge in [-0.25, -0.2) is 4.98 Å². The fourth-order valence-corrected chi connectivity index (χ4v) is 2.01. The van der Waals surface area contributed by atoms with Gasteiger partial charge in [0.05, 0.1) is 17.6 Å². The molecule has 0 radical (unpaired) electrons. The van der Waals surface area contributed by atoms with Crippen LogP contribution in [0.3, 0.4) is 0 Å². The van der Waals surface area contributed by atoms with Gasteiger partial charge in [0.2, 0.25) is 0 Å². The molecule has 0 fully saturated rings. The van der Waals surface area contributed by atoms with Crippen molar-refractivity contribution >= 4 is 16.7 Å². The van der Waals surface area contributed by atoms with E-state index in [-0.39, 0.29) is 0 Å². The minimum absolute atomic E-state index is 0.470. The van der Waals surface area contributed by atoms with Crippen LogP contribution in [0.4, 0.5) is 5.82 Å². The summed E-state index contributed by atoms with van der Waals surface area (Å²) in [5, 5.41) is 17.2. The maximum absolute atomic E-state index is 9.22. The lowest BCUT2D eigenvalue weighted by Crippen LogP contribution is -2.04. The lowest BCUT2D eigenvalue weighted by atomic mass is 10.1. The molecule has 0 unspecified atom stereocenters. The molecule has 2 aromatic heterocycles. The minimum Gasteiger partial charge on any atom is -0.363 e. The van der Waals surface area contributed by atoms with Crippen LogP contribution < -0.4 is 5.32 Å². The van der Waals surface area contributed by atoms with Crippen molar-refractivity contribution in [3.8, 4) is 6.07 Å². The van der Waals surface area contributed by atoms with E-state index >= 15 is 0 Å². The number of nitrogens with zero attached hydrogens (tertiary/aromatic N) is 3. The van der Waals surface area contributed by atoms with E-state index < -0.39 is 0 Å². The van der Waals surface area contributed by atoms with Gasteiger partial charge in [0.15, 0.2) is 0 Å². The number of aryl methyl sites for hydroxylation is 1. The molecule has 98 valence electrons. The van der Waals surface area contributed by atoms with Crippen LogP contribution >= 0.6 is 0 Å². The Hall–Kier alpha value is -2.87. The number of hydrogen-bond donors (Lipinski definition) is 1. The van der Waals surface area contributed by atoms with Gasteiger partial charge in [-0.2, -0.15) is 5.26 Å². The van der Waals surface area contributed by atoms with Gasteiger partial charge in [0.25, 0.3) is 0 Å². The molecule has 0 bridgehead atoms. The summed E-state index contributed by atoms with van der Waals surface area (Å²) in [6.45, 7) is 2.31. The maximum atomic E-state index is 9.22. The van der Waals surface area contributed by atoms with Gasteiger partial charge >= 0.3 is 0 Å². The van der Waals surface area contributed by atoms with E-state index in [0.29, 0.717) is 17.9 Å². The molecule has 2 heterocycles. The van der Waals surface area contributed by atoms with Crippen LogP contribution in [0.1, 0.15) is 17.0 Å². The second-order valence-electron chi connectivity index (χ2n) is 4.47. The molecule has 0 spiro atoms. The number of nitrogens with one attached hydrogen (secondary N) is 1. The molecule has 0 aliphatic heterocycles. The number of aromatic nitrogens is 2. The molecular weight excluding hydrogens is 252 g/mol. The number of benzene rings is 1. The highest BCUT2D eigenvalue weighted by Gasteiger charge is 2.07. The number of pyridine rings is 1. The molecule has 0 amide bonds. The molecule has 0 saturated heterocycles. The average molecular weight is 264 g/mol. The first-order valence-corrected chi connectivity index (χ1v) is 6.22. The molecule has 1 N–H and O–H groups in total. The fraction of sp³-hybridized carbons (Fsp3) is 0.133.